The van der Waals surface area contributed by atoms with E-state index < -0.39 is 0 Å². The monoisotopic (exact) mass is 283 g/mol. The van der Waals surface area contributed by atoms with Gasteiger partial charge >= 0.3 is 6.03 Å². The number of hydrogen-bond donors (Lipinski definition) is 1. The number of ether oxygens (including phenoxy) is 1. The molecule has 3 rings (SSSR count). The molecular formula is C16H17N3O2. The summed E-state index contributed by atoms with van der Waals surface area (Å²) >= 11 is 0. The Hall–Kier alpha value is -2.56. The van der Waals surface area contributed by atoms with Crippen LogP contribution in [-0.2, 0) is 6.42 Å². The van der Waals surface area contributed by atoms with E-state index in [2.05, 4.69) is 16.4 Å². The SMILES string of the molecule is COc1ccncc1NC(=O)N1CCCc2ccccc21. The van der Waals surface area contributed by atoms with Crippen molar-refractivity contribution in [1.82, 2.24) is 4.98 Å². The molecule has 0 radical (unpaired) electrons. The average molecular weight is 283 g/mol. The second-order valence-corrected chi connectivity index (χ2v) is 4.89. The van der Waals surface area contributed by atoms with Crippen LogP contribution in [0.25, 0.3) is 0 Å². The Morgan fingerprint density at radius 3 is 3.05 bits per heavy atom. The lowest BCUT2D eigenvalue weighted by molar-refractivity contribution is 0.256. The number of pyridine rings is 1. The predicted molar refractivity (Wildman–Crippen MR) is 81.9 cm³/mol. The summed E-state index contributed by atoms with van der Waals surface area (Å²) in [6.07, 6.45) is 5.20. The maximum Gasteiger partial charge on any atom is 0.326 e. The third-order valence-electron chi connectivity index (χ3n) is 3.60. The normalized spacial score (nSPS) is 13.5. The molecule has 2 heterocycles. The number of rotatable bonds is 2. The van der Waals surface area contributed by atoms with Crippen LogP contribution in [0, 0.1) is 0 Å². The second-order valence-electron chi connectivity index (χ2n) is 4.89. The summed E-state index contributed by atoms with van der Waals surface area (Å²) in [5.41, 5.74) is 2.76. The van der Waals surface area contributed by atoms with Crippen molar-refractivity contribution in [1.29, 1.82) is 0 Å². The van der Waals surface area contributed by atoms with Gasteiger partial charge in [-0.2, -0.15) is 0 Å². The van der Waals surface area contributed by atoms with Crippen molar-refractivity contribution in [3.8, 4) is 5.75 Å². The minimum Gasteiger partial charge on any atom is -0.494 e. The van der Waals surface area contributed by atoms with Gasteiger partial charge in [-0.15, -0.1) is 0 Å². The molecule has 1 aromatic carbocycles. The number of methoxy groups -OCH3 is 1. The molecule has 0 unspecified atom stereocenters. The lowest BCUT2D eigenvalue weighted by Gasteiger charge is -2.29. The number of fused-ring (bicyclic) bond motifs is 1. The van der Waals surface area contributed by atoms with Gasteiger partial charge in [0.2, 0.25) is 0 Å². The Kier molecular flexibility index (Phi) is 3.73. The standard InChI is InChI=1S/C16H17N3O2/c1-21-15-8-9-17-11-13(15)18-16(20)19-10-4-6-12-5-2-3-7-14(12)19/h2-3,5,7-9,11H,4,6,10H2,1H3,(H,18,20). The number of benzene rings is 1. The number of carbonyl (C=O) groups excluding carboxylic acids is 1. The van der Waals surface area contributed by atoms with Crippen LogP contribution in [-0.4, -0.2) is 24.7 Å². The fourth-order valence-corrected chi connectivity index (χ4v) is 2.58. The van der Waals surface area contributed by atoms with Gasteiger partial charge in [-0.1, -0.05) is 18.2 Å². The zero-order chi connectivity index (χ0) is 14.7. The minimum absolute atomic E-state index is 0.159. The number of anilines is 2. The molecule has 2 amide bonds. The quantitative estimate of drug-likeness (QED) is 0.921. The number of nitrogens with zero attached hydrogens (tertiary/aromatic N) is 2. The Labute approximate surface area is 123 Å². The first-order valence-corrected chi connectivity index (χ1v) is 6.94. The lowest BCUT2D eigenvalue weighted by atomic mass is 10.0. The fourth-order valence-electron chi connectivity index (χ4n) is 2.58. The highest BCUT2D eigenvalue weighted by atomic mass is 16.5. The van der Waals surface area contributed by atoms with E-state index in [9.17, 15) is 4.79 Å². The first-order valence-electron chi connectivity index (χ1n) is 6.94. The molecule has 1 aliphatic rings. The molecule has 0 saturated carbocycles. The van der Waals surface area contributed by atoms with Crippen molar-refractivity contribution < 1.29 is 9.53 Å². The largest absolute Gasteiger partial charge is 0.494 e. The van der Waals surface area contributed by atoms with Crippen LogP contribution in [0.1, 0.15) is 12.0 Å². The summed E-state index contributed by atoms with van der Waals surface area (Å²) in [5.74, 6) is 0.601. The second kappa shape index (κ2) is 5.83. The summed E-state index contributed by atoms with van der Waals surface area (Å²) in [7, 11) is 1.57. The summed E-state index contributed by atoms with van der Waals surface area (Å²) in [6, 6.07) is 9.57. The number of nitrogens with one attached hydrogen (secondary N) is 1. The molecule has 0 atom stereocenters. The van der Waals surface area contributed by atoms with E-state index in [4.69, 9.17) is 4.74 Å². The van der Waals surface area contributed by atoms with E-state index in [0.717, 1.165) is 18.5 Å². The Morgan fingerprint density at radius 1 is 1.33 bits per heavy atom. The van der Waals surface area contributed by atoms with Crippen LogP contribution >= 0.6 is 0 Å². The number of aromatic nitrogens is 1. The zero-order valence-electron chi connectivity index (χ0n) is 11.9. The van der Waals surface area contributed by atoms with Crippen molar-refractivity contribution in [2.24, 2.45) is 0 Å². The smallest absolute Gasteiger partial charge is 0.326 e. The Morgan fingerprint density at radius 2 is 2.19 bits per heavy atom. The van der Waals surface area contributed by atoms with Gasteiger partial charge in [0.15, 0.2) is 0 Å². The van der Waals surface area contributed by atoms with Crippen LogP contribution in [0.3, 0.4) is 0 Å². The molecule has 5 heteroatoms. The maximum absolute atomic E-state index is 12.5. The number of hydrogen-bond acceptors (Lipinski definition) is 3. The lowest BCUT2D eigenvalue weighted by Crippen LogP contribution is -2.38. The number of para-hydroxylation sites is 1. The van der Waals surface area contributed by atoms with E-state index in [1.807, 2.05) is 18.2 Å². The van der Waals surface area contributed by atoms with Crippen LogP contribution in [0.4, 0.5) is 16.2 Å². The first kappa shape index (κ1) is 13.4. The molecule has 108 valence electrons. The van der Waals surface area contributed by atoms with Gasteiger partial charge in [0.25, 0.3) is 0 Å². The molecule has 0 fully saturated rings. The summed E-state index contributed by atoms with van der Waals surface area (Å²) in [4.78, 5) is 18.3. The Bertz CT molecular complexity index is 657. The molecule has 0 aliphatic carbocycles. The Balaban J connectivity index is 1.84. The highest BCUT2D eigenvalue weighted by Crippen LogP contribution is 2.28. The molecular weight excluding hydrogens is 266 g/mol. The molecule has 1 N–H and O–H groups in total. The van der Waals surface area contributed by atoms with Crippen molar-refractivity contribution >= 4 is 17.4 Å². The fraction of sp³-hybridized carbons (Fsp3) is 0.250. The topological polar surface area (TPSA) is 54.5 Å². The van der Waals surface area contributed by atoms with E-state index in [1.54, 1.807) is 30.5 Å². The minimum atomic E-state index is -0.159. The summed E-state index contributed by atoms with van der Waals surface area (Å²) in [6.45, 7) is 0.714. The maximum atomic E-state index is 12.5. The van der Waals surface area contributed by atoms with Crippen molar-refractivity contribution in [2.45, 2.75) is 12.8 Å². The van der Waals surface area contributed by atoms with Crippen molar-refractivity contribution in [2.75, 3.05) is 23.9 Å². The molecule has 0 saturated heterocycles. The van der Waals surface area contributed by atoms with Crippen LogP contribution in [0.15, 0.2) is 42.7 Å². The predicted octanol–water partition coefficient (Wildman–Crippen LogP) is 3.07. The van der Waals surface area contributed by atoms with E-state index in [1.165, 1.54) is 5.56 Å². The van der Waals surface area contributed by atoms with Crippen LogP contribution in [0.2, 0.25) is 0 Å². The van der Waals surface area contributed by atoms with Crippen LogP contribution in [0.5, 0.6) is 5.75 Å². The number of urea groups is 1. The molecule has 21 heavy (non-hydrogen) atoms. The van der Waals surface area contributed by atoms with Gasteiger partial charge in [0.05, 0.1) is 13.3 Å². The number of aryl methyl sites for hydroxylation is 1. The first-order chi connectivity index (χ1) is 10.3. The molecule has 2 aromatic rings. The van der Waals surface area contributed by atoms with E-state index in [-0.39, 0.29) is 6.03 Å². The van der Waals surface area contributed by atoms with Gasteiger partial charge in [-0.25, -0.2) is 4.79 Å². The highest BCUT2D eigenvalue weighted by Gasteiger charge is 2.22. The molecule has 0 bridgehead atoms. The molecule has 5 nitrogen and oxygen atoms in total. The molecule has 1 aromatic heterocycles. The molecule has 1 aliphatic heterocycles. The van der Waals surface area contributed by atoms with Crippen LogP contribution < -0.4 is 15.0 Å². The average Bonchev–Trinajstić information content (AvgIpc) is 2.54. The third-order valence-corrected chi connectivity index (χ3v) is 3.60. The van der Waals surface area contributed by atoms with Crippen molar-refractivity contribution in [3.63, 3.8) is 0 Å². The van der Waals surface area contributed by atoms with Gasteiger partial charge < -0.3 is 10.1 Å². The van der Waals surface area contributed by atoms with E-state index >= 15 is 0 Å². The van der Waals surface area contributed by atoms with Crippen molar-refractivity contribution in [3.05, 3.63) is 48.3 Å². The summed E-state index contributed by atoms with van der Waals surface area (Å²) < 4.78 is 5.23. The number of amides is 2. The third kappa shape index (κ3) is 2.67. The van der Waals surface area contributed by atoms with E-state index in [0.29, 0.717) is 18.0 Å². The van der Waals surface area contributed by atoms with Gasteiger partial charge in [0.1, 0.15) is 11.4 Å². The highest BCUT2D eigenvalue weighted by molar-refractivity contribution is 6.03. The zero-order valence-corrected chi connectivity index (χ0v) is 11.9. The van der Waals surface area contributed by atoms with Gasteiger partial charge in [-0.05, 0) is 24.5 Å². The van der Waals surface area contributed by atoms with Gasteiger partial charge in [0, 0.05) is 24.5 Å². The molecule has 0 spiro atoms. The number of carbonyl (C=O) groups is 1. The van der Waals surface area contributed by atoms with Gasteiger partial charge in [-0.3, -0.25) is 9.88 Å². The summed E-state index contributed by atoms with van der Waals surface area (Å²) in [5, 5.41) is 2.87.